The van der Waals surface area contributed by atoms with Gasteiger partial charge in [-0.3, -0.25) is 9.59 Å². The molecule has 1 aromatic rings. The second-order valence-electron chi connectivity index (χ2n) is 4.71. The molecule has 0 bridgehead atoms. The molecule has 0 aliphatic carbocycles. The van der Waals surface area contributed by atoms with Crippen LogP contribution in [0.15, 0.2) is 12.1 Å². The van der Waals surface area contributed by atoms with Gasteiger partial charge in [0.1, 0.15) is 17.6 Å². The van der Waals surface area contributed by atoms with Crippen LogP contribution in [0, 0.1) is 5.92 Å². The lowest BCUT2D eigenvalue weighted by atomic mass is 9.98. The van der Waals surface area contributed by atoms with Gasteiger partial charge in [-0.25, -0.2) is 0 Å². The molecule has 0 radical (unpaired) electrons. The summed E-state index contributed by atoms with van der Waals surface area (Å²) in [6, 6.07) is 3.05. The number of carbonyl (C=O) groups is 2. The first kappa shape index (κ1) is 13.4. The Morgan fingerprint density at radius 1 is 1.47 bits per heavy atom. The van der Waals surface area contributed by atoms with Crippen LogP contribution in [-0.4, -0.2) is 30.1 Å². The minimum atomic E-state index is -0.402. The van der Waals surface area contributed by atoms with Crippen LogP contribution in [0.25, 0.3) is 0 Å². The number of esters is 1. The van der Waals surface area contributed by atoms with E-state index < -0.39 is 5.92 Å². The number of rotatable bonds is 3. The van der Waals surface area contributed by atoms with Crippen LogP contribution in [0.5, 0.6) is 11.5 Å². The molecule has 0 saturated heterocycles. The Kier molecular flexibility index (Phi) is 3.46. The lowest BCUT2D eigenvalue weighted by molar-refractivity contribution is -0.147. The summed E-state index contributed by atoms with van der Waals surface area (Å²) < 4.78 is 10.4. The predicted molar refractivity (Wildman–Crippen MR) is 67.4 cm³/mol. The molecule has 1 heterocycles. The maximum atomic E-state index is 11.5. The number of ketones is 1. The third-order valence-electron chi connectivity index (χ3n) is 3.39. The lowest BCUT2D eigenvalue weighted by Crippen LogP contribution is -2.30. The van der Waals surface area contributed by atoms with E-state index in [4.69, 9.17) is 4.74 Å². The predicted octanol–water partition coefficient (Wildman–Crippen LogP) is 1.71. The van der Waals surface area contributed by atoms with E-state index in [1.807, 2.05) is 0 Å². The zero-order chi connectivity index (χ0) is 14.2. The quantitative estimate of drug-likeness (QED) is 0.664. The monoisotopic (exact) mass is 264 g/mol. The Morgan fingerprint density at radius 3 is 2.74 bits per heavy atom. The Morgan fingerprint density at radius 2 is 2.16 bits per heavy atom. The molecule has 5 heteroatoms. The van der Waals surface area contributed by atoms with Crippen LogP contribution in [0.3, 0.4) is 0 Å². The zero-order valence-electron chi connectivity index (χ0n) is 11.1. The van der Waals surface area contributed by atoms with Crippen molar-refractivity contribution in [3.8, 4) is 11.5 Å². The van der Waals surface area contributed by atoms with E-state index in [1.54, 1.807) is 6.92 Å². The number of aromatic hydroxyl groups is 1. The number of hydrogen-bond donors (Lipinski definition) is 1. The van der Waals surface area contributed by atoms with Crippen LogP contribution in [0.2, 0.25) is 0 Å². The maximum absolute atomic E-state index is 11.5. The fourth-order valence-corrected chi connectivity index (χ4v) is 2.20. The van der Waals surface area contributed by atoms with Gasteiger partial charge in [0.25, 0.3) is 0 Å². The van der Waals surface area contributed by atoms with Crippen molar-refractivity contribution >= 4 is 11.8 Å². The average molecular weight is 264 g/mol. The molecule has 1 N–H and O–H groups in total. The molecule has 0 unspecified atom stereocenters. The topological polar surface area (TPSA) is 72.8 Å². The van der Waals surface area contributed by atoms with Crippen molar-refractivity contribution in [2.24, 2.45) is 5.92 Å². The molecule has 1 aliphatic rings. The second-order valence-corrected chi connectivity index (χ2v) is 4.71. The smallest absolute Gasteiger partial charge is 0.312 e. The normalized spacial score (nSPS) is 18.4. The van der Waals surface area contributed by atoms with Crippen molar-refractivity contribution in [2.75, 3.05) is 7.11 Å². The molecular weight excluding hydrogens is 248 g/mol. The van der Waals surface area contributed by atoms with Crippen molar-refractivity contribution in [3.63, 3.8) is 0 Å². The number of fused-ring (bicyclic) bond motifs is 1. The molecule has 1 aromatic carbocycles. The summed E-state index contributed by atoms with van der Waals surface area (Å²) in [5, 5.41) is 9.76. The molecule has 0 amide bonds. The van der Waals surface area contributed by atoms with E-state index in [0.29, 0.717) is 12.2 Å². The van der Waals surface area contributed by atoms with Crippen molar-refractivity contribution in [2.45, 2.75) is 26.4 Å². The van der Waals surface area contributed by atoms with Crippen molar-refractivity contribution in [1.82, 2.24) is 0 Å². The molecular formula is C14H16O5. The average Bonchev–Trinajstić information content (AvgIpc) is 2.78. The van der Waals surface area contributed by atoms with Crippen LogP contribution in [0.1, 0.15) is 29.8 Å². The van der Waals surface area contributed by atoms with Gasteiger partial charge in [-0.15, -0.1) is 0 Å². The van der Waals surface area contributed by atoms with Gasteiger partial charge < -0.3 is 14.6 Å². The largest absolute Gasteiger partial charge is 0.507 e. The second kappa shape index (κ2) is 4.91. The summed E-state index contributed by atoms with van der Waals surface area (Å²) in [6.07, 6.45) is 0.182. The number of phenolic OH excluding ortho intramolecular Hbond substituents is 1. The van der Waals surface area contributed by atoms with Gasteiger partial charge in [0, 0.05) is 12.0 Å². The minimum absolute atomic E-state index is 0.0544. The summed E-state index contributed by atoms with van der Waals surface area (Å²) in [6.45, 7) is 3.11. The molecule has 0 fully saturated rings. The van der Waals surface area contributed by atoms with E-state index in [1.165, 1.54) is 26.2 Å². The van der Waals surface area contributed by atoms with Crippen molar-refractivity contribution in [3.05, 3.63) is 23.3 Å². The third kappa shape index (κ3) is 2.41. The first-order valence-corrected chi connectivity index (χ1v) is 6.05. The highest BCUT2D eigenvalue weighted by molar-refractivity contribution is 5.97. The molecule has 0 spiro atoms. The van der Waals surface area contributed by atoms with E-state index in [2.05, 4.69) is 4.74 Å². The molecule has 102 valence electrons. The standard InChI is InChI=1S/C14H16O5/c1-7(14(17)18-3)12-5-9-4-11(16)10(8(2)15)6-13(9)19-12/h4,6-7,12,16H,5H2,1-3H3/t7-,12-/m0/s1. The van der Waals surface area contributed by atoms with Crippen LogP contribution in [0.4, 0.5) is 0 Å². The number of Topliss-reactive ketones (excluding diaryl/α,β-unsaturated/α-hetero) is 1. The Labute approximate surface area is 111 Å². The van der Waals surface area contributed by atoms with Crippen LogP contribution < -0.4 is 4.74 Å². The number of methoxy groups -OCH3 is 1. The molecule has 2 rings (SSSR count). The number of hydrogen-bond acceptors (Lipinski definition) is 5. The first-order chi connectivity index (χ1) is 8.93. The van der Waals surface area contributed by atoms with Gasteiger partial charge >= 0.3 is 5.97 Å². The SMILES string of the molecule is COC(=O)[C@@H](C)[C@@H]1Cc2cc(O)c(C(C)=O)cc2O1. The highest BCUT2D eigenvalue weighted by atomic mass is 16.5. The number of carbonyl (C=O) groups excluding carboxylic acids is 2. The maximum Gasteiger partial charge on any atom is 0.312 e. The summed E-state index contributed by atoms with van der Waals surface area (Å²) in [4.78, 5) is 22.8. The Balaban J connectivity index is 2.25. The lowest BCUT2D eigenvalue weighted by Gasteiger charge is -2.16. The van der Waals surface area contributed by atoms with Gasteiger partial charge in [0.2, 0.25) is 0 Å². The van der Waals surface area contributed by atoms with Gasteiger partial charge in [-0.05, 0) is 26.0 Å². The Bertz CT molecular complexity index is 535. The minimum Gasteiger partial charge on any atom is -0.507 e. The molecule has 0 aromatic heterocycles. The molecule has 1 aliphatic heterocycles. The third-order valence-corrected chi connectivity index (χ3v) is 3.39. The first-order valence-electron chi connectivity index (χ1n) is 6.05. The van der Waals surface area contributed by atoms with Crippen LogP contribution >= 0.6 is 0 Å². The summed E-state index contributed by atoms with van der Waals surface area (Å²) in [5.74, 6) is -0.479. The molecule has 5 nitrogen and oxygen atoms in total. The van der Waals surface area contributed by atoms with Crippen molar-refractivity contribution < 1.29 is 24.2 Å². The summed E-state index contributed by atoms with van der Waals surface area (Å²) in [7, 11) is 1.33. The van der Waals surface area contributed by atoms with Gasteiger partial charge in [-0.2, -0.15) is 0 Å². The van der Waals surface area contributed by atoms with Crippen LogP contribution in [-0.2, 0) is 16.0 Å². The Hall–Kier alpha value is -2.04. The summed E-state index contributed by atoms with van der Waals surface area (Å²) in [5.41, 5.74) is 1.02. The fraction of sp³-hybridized carbons (Fsp3) is 0.429. The van der Waals surface area contributed by atoms with Crippen molar-refractivity contribution in [1.29, 1.82) is 0 Å². The van der Waals surface area contributed by atoms with E-state index in [-0.39, 0.29) is 29.2 Å². The highest BCUT2D eigenvalue weighted by Gasteiger charge is 2.33. The molecule has 19 heavy (non-hydrogen) atoms. The number of benzene rings is 1. The highest BCUT2D eigenvalue weighted by Crippen LogP contribution is 2.36. The van der Waals surface area contributed by atoms with E-state index in [0.717, 1.165) is 5.56 Å². The molecule has 2 atom stereocenters. The fourth-order valence-electron chi connectivity index (χ4n) is 2.20. The number of phenols is 1. The van der Waals surface area contributed by atoms with E-state index in [9.17, 15) is 14.7 Å². The van der Waals surface area contributed by atoms with Gasteiger partial charge in [0.15, 0.2) is 5.78 Å². The number of ether oxygens (including phenoxy) is 2. The van der Waals surface area contributed by atoms with E-state index >= 15 is 0 Å². The zero-order valence-corrected chi connectivity index (χ0v) is 11.1. The summed E-state index contributed by atoms with van der Waals surface area (Å²) >= 11 is 0. The van der Waals surface area contributed by atoms with Gasteiger partial charge in [-0.1, -0.05) is 0 Å². The molecule has 0 saturated carbocycles. The van der Waals surface area contributed by atoms with Gasteiger partial charge in [0.05, 0.1) is 18.6 Å².